The fourth-order valence-corrected chi connectivity index (χ4v) is 13.4. The Kier molecular flexibility index (Phi) is 10.9. The molecule has 0 spiro atoms. The standard InChI is InChI=1S/C80H50N2O2/c1-3-17-51(18-4-1)53-31-39-58(40-32-53)81(71-49-75-79(68-29-15-13-27-66(68)71)77-62-23-9-7-21-55(62)37-47-73(77)83-75)59-43-35-57(36-44-59)61-45-46-70(65-26-12-11-25-64(61)65)82(60-41-33-54(34-42-60)52-19-5-2-6-20-52)72-50-76-80(69-30-16-14-28-67(69)72)78-63-24-10-8-22-56(63)38-48-74(78)84-76/h1-50H. The molecule has 4 nitrogen and oxygen atoms in total. The molecular formula is C80H50N2O2. The highest BCUT2D eigenvalue weighted by Gasteiger charge is 2.25. The van der Waals surface area contributed by atoms with E-state index >= 15 is 0 Å². The lowest BCUT2D eigenvalue weighted by Crippen LogP contribution is -2.11. The van der Waals surface area contributed by atoms with Crippen LogP contribution in [0.25, 0.3) is 131 Å². The van der Waals surface area contributed by atoms with Crippen LogP contribution in [-0.4, -0.2) is 0 Å². The van der Waals surface area contributed by atoms with Crippen molar-refractivity contribution in [2.24, 2.45) is 0 Å². The molecule has 392 valence electrons. The Bertz CT molecular complexity index is 5410. The molecule has 84 heavy (non-hydrogen) atoms. The third-order valence-corrected chi connectivity index (χ3v) is 17.2. The third kappa shape index (κ3) is 7.62. The topological polar surface area (TPSA) is 32.8 Å². The molecule has 4 heteroatoms. The van der Waals surface area contributed by atoms with Gasteiger partial charge in [-0.1, -0.05) is 237 Å². The average Bonchev–Trinajstić information content (AvgIpc) is 2.81. The molecule has 2 heterocycles. The van der Waals surface area contributed by atoms with E-state index in [1.165, 1.54) is 32.7 Å². The molecule has 0 bridgehead atoms. The SMILES string of the molecule is c1ccc(-c2ccc(N(c3ccc(-c4ccc(N(c5ccc(-c6ccccc6)cc5)c5cc6oc7ccc8ccccc8c7c6c6ccccc56)c5ccccc45)cc3)c3cc4oc5ccc6ccccc6c5c4c4ccccc34)cc2)cc1. The van der Waals surface area contributed by atoms with Crippen molar-refractivity contribution in [3.8, 4) is 33.4 Å². The quantitative estimate of drug-likeness (QED) is 0.144. The number of benzene rings is 15. The summed E-state index contributed by atoms with van der Waals surface area (Å²) >= 11 is 0. The molecule has 2 aromatic heterocycles. The van der Waals surface area contributed by atoms with Crippen LogP contribution in [0.5, 0.6) is 0 Å². The maximum atomic E-state index is 6.91. The van der Waals surface area contributed by atoms with E-state index in [4.69, 9.17) is 8.83 Å². The first-order valence-corrected chi connectivity index (χ1v) is 28.7. The zero-order chi connectivity index (χ0) is 55.2. The summed E-state index contributed by atoms with van der Waals surface area (Å²) in [6.45, 7) is 0. The normalized spacial score (nSPS) is 11.8. The van der Waals surface area contributed by atoms with Crippen LogP contribution in [0.4, 0.5) is 34.1 Å². The molecule has 0 amide bonds. The molecule has 0 saturated heterocycles. The molecule has 0 radical (unpaired) electrons. The van der Waals surface area contributed by atoms with Crippen LogP contribution in [0.1, 0.15) is 0 Å². The number of furan rings is 2. The van der Waals surface area contributed by atoms with E-state index in [2.05, 4.69) is 313 Å². The number of hydrogen-bond acceptors (Lipinski definition) is 4. The van der Waals surface area contributed by atoms with Gasteiger partial charge >= 0.3 is 0 Å². The molecule has 17 rings (SSSR count). The van der Waals surface area contributed by atoms with Crippen molar-refractivity contribution < 1.29 is 8.83 Å². The summed E-state index contributed by atoms with van der Waals surface area (Å²) in [5, 5.41) is 16.1. The van der Waals surface area contributed by atoms with E-state index in [1.807, 2.05) is 0 Å². The Morgan fingerprint density at radius 2 is 0.548 bits per heavy atom. The monoisotopic (exact) mass is 1070 g/mol. The summed E-state index contributed by atoms with van der Waals surface area (Å²) in [5.74, 6) is 0. The summed E-state index contributed by atoms with van der Waals surface area (Å²) in [4.78, 5) is 4.82. The van der Waals surface area contributed by atoms with Gasteiger partial charge in [0.15, 0.2) is 0 Å². The van der Waals surface area contributed by atoms with Crippen molar-refractivity contribution in [1.29, 1.82) is 0 Å². The minimum Gasteiger partial charge on any atom is -0.456 e. The van der Waals surface area contributed by atoms with E-state index in [-0.39, 0.29) is 0 Å². The molecule has 0 fully saturated rings. The highest BCUT2D eigenvalue weighted by molar-refractivity contribution is 6.30. The molecule has 0 unspecified atom stereocenters. The van der Waals surface area contributed by atoms with Crippen molar-refractivity contribution in [3.05, 3.63) is 303 Å². The third-order valence-electron chi connectivity index (χ3n) is 17.2. The Morgan fingerprint density at radius 1 is 0.202 bits per heavy atom. The fraction of sp³-hybridized carbons (Fsp3) is 0. The summed E-state index contributed by atoms with van der Waals surface area (Å²) in [6, 6.07) is 110. The first-order valence-electron chi connectivity index (χ1n) is 28.7. The van der Waals surface area contributed by atoms with E-state index in [0.29, 0.717) is 0 Å². The molecule has 0 aliphatic carbocycles. The van der Waals surface area contributed by atoms with Gasteiger partial charge in [-0.25, -0.2) is 0 Å². The molecule has 0 saturated carbocycles. The predicted octanol–water partition coefficient (Wildman–Crippen LogP) is 23.2. The maximum absolute atomic E-state index is 6.91. The molecule has 17 aromatic rings. The van der Waals surface area contributed by atoms with Crippen LogP contribution in [0.2, 0.25) is 0 Å². The lowest BCUT2D eigenvalue weighted by molar-refractivity contribution is 0.669. The number of anilines is 6. The number of hydrogen-bond donors (Lipinski definition) is 0. The zero-order valence-corrected chi connectivity index (χ0v) is 45.6. The van der Waals surface area contributed by atoms with Crippen molar-refractivity contribution in [2.45, 2.75) is 0 Å². The van der Waals surface area contributed by atoms with Crippen LogP contribution in [-0.2, 0) is 0 Å². The molecule has 0 aliphatic heterocycles. The summed E-state index contributed by atoms with van der Waals surface area (Å²) in [5.41, 5.74) is 16.7. The second kappa shape index (κ2) is 19.2. The van der Waals surface area contributed by atoms with Gasteiger partial charge in [0.25, 0.3) is 0 Å². The van der Waals surface area contributed by atoms with Crippen molar-refractivity contribution >= 4 is 132 Å². The Morgan fingerprint density at radius 3 is 1.02 bits per heavy atom. The summed E-state index contributed by atoms with van der Waals surface area (Å²) in [7, 11) is 0. The van der Waals surface area contributed by atoms with Gasteiger partial charge < -0.3 is 18.6 Å². The maximum Gasteiger partial charge on any atom is 0.138 e. The van der Waals surface area contributed by atoms with E-state index in [0.717, 1.165) is 133 Å². The molecule has 0 aliphatic rings. The predicted molar refractivity (Wildman–Crippen MR) is 354 cm³/mol. The van der Waals surface area contributed by atoms with E-state index in [1.54, 1.807) is 0 Å². The van der Waals surface area contributed by atoms with Crippen LogP contribution >= 0.6 is 0 Å². The van der Waals surface area contributed by atoms with Crippen LogP contribution in [0, 0.1) is 0 Å². The second-order valence-electron chi connectivity index (χ2n) is 21.9. The fourth-order valence-electron chi connectivity index (χ4n) is 13.4. The van der Waals surface area contributed by atoms with Crippen molar-refractivity contribution in [2.75, 3.05) is 9.80 Å². The lowest BCUT2D eigenvalue weighted by Gasteiger charge is -2.29. The Balaban J connectivity index is 0.831. The van der Waals surface area contributed by atoms with Crippen LogP contribution in [0.3, 0.4) is 0 Å². The Labute approximate surface area is 484 Å². The van der Waals surface area contributed by atoms with Crippen LogP contribution < -0.4 is 9.80 Å². The van der Waals surface area contributed by atoms with Gasteiger partial charge in [-0.2, -0.15) is 0 Å². The average molecular weight is 1070 g/mol. The van der Waals surface area contributed by atoms with Gasteiger partial charge in [0.05, 0.1) is 17.1 Å². The van der Waals surface area contributed by atoms with Crippen molar-refractivity contribution in [1.82, 2.24) is 0 Å². The van der Waals surface area contributed by atoms with Gasteiger partial charge in [-0.3, -0.25) is 0 Å². The zero-order valence-electron chi connectivity index (χ0n) is 45.6. The number of fused-ring (bicyclic) bond motifs is 15. The molecular weight excluding hydrogens is 1020 g/mol. The number of rotatable bonds is 9. The van der Waals surface area contributed by atoms with E-state index in [9.17, 15) is 0 Å². The highest BCUT2D eigenvalue weighted by Crippen LogP contribution is 2.50. The summed E-state index contributed by atoms with van der Waals surface area (Å²) < 4.78 is 13.8. The van der Waals surface area contributed by atoms with Gasteiger partial charge in [0, 0.05) is 66.9 Å². The van der Waals surface area contributed by atoms with Gasteiger partial charge in [0.1, 0.15) is 22.3 Å². The second-order valence-corrected chi connectivity index (χ2v) is 21.9. The number of nitrogens with zero attached hydrogens (tertiary/aromatic N) is 2. The van der Waals surface area contributed by atoms with Gasteiger partial charge in [0.2, 0.25) is 0 Å². The molecule has 15 aromatic carbocycles. The highest BCUT2D eigenvalue weighted by atomic mass is 16.3. The van der Waals surface area contributed by atoms with Crippen molar-refractivity contribution in [3.63, 3.8) is 0 Å². The molecule has 0 N–H and O–H groups in total. The van der Waals surface area contributed by atoms with Gasteiger partial charge in [-0.15, -0.1) is 0 Å². The smallest absolute Gasteiger partial charge is 0.138 e. The summed E-state index contributed by atoms with van der Waals surface area (Å²) in [6.07, 6.45) is 0. The van der Waals surface area contributed by atoms with Crippen LogP contribution in [0.15, 0.2) is 312 Å². The Hall–Kier alpha value is -11.2. The minimum atomic E-state index is 0.849. The van der Waals surface area contributed by atoms with Gasteiger partial charge in [-0.05, 0) is 126 Å². The largest absolute Gasteiger partial charge is 0.456 e. The lowest BCUT2D eigenvalue weighted by atomic mass is 9.94. The van der Waals surface area contributed by atoms with E-state index < -0.39 is 0 Å². The minimum absolute atomic E-state index is 0.849. The first kappa shape index (κ1) is 47.6. The molecule has 0 atom stereocenters. The first-order chi connectivity index (χ1) is 41.7.